The van der Waals surface area contributed by atoms with Crippen LogP contribution >= 0.6 is 0 Å². The Hall–Kier alpha value is -1.14. The van der Waals surface area contributed by atoms with Gasteiger partial charge in [0.05, 0.1) is 0 Å². The van der Waals surface area contributed by atoms with Gasteiger partial charge in [0, 0.05) is 38.8 Å². The number of hydrogen-bond donors (Lipinski definition) is 1. The summed E-state index contributed by atoms with van der Waals surface area (Å²) >= 11 is 0. The fraction of sp³-hybridized carbons (Fsp3) is 0.857. The van der Waals surface area contributed by atoms with E-state index in [0.29, 0.717) is 19.6 Å². The van der Waals surface area contributed by atoms with Crippen molar-refractivity contribution in [1.29, 1.82) is 0 Å². The van der Waals surface area contributed by atoms with E-state index < -0.39 is 0 Å². The normalized spacial score (nSPS) is 26.0. The standard InChI is InChI=1S/C14H26N4O2/c1-12-11-16(2)7-4-9-18(12)14(20)13(19)17-8-3-5-15-6-10-17/h12,15H,3-11H2,1-2H3. The molecule has 1 N–H and O–H groups in total. The molecule has 0 bridgehead atoms. The molecule has 2 aliphatic rings. The number of rotatable bonds is 0. The Morgan fingerprint density at radius 2 is 1.80 bits per heavy atom. The first-order valence-corrected chi connectivity index (χ1v) is 7.58. The van der Waals surface area contributed by atoms with Crippen molar-refractivity contribution < 1.29 is 9.59 Å². The van der Waals surface area contributed by atoms with Gasteiger partial charge in [0.1, 0.15) is 0 Å². The van der Waals surface area contributed by atoms with E-state index in [1.807, 2.05) is 6.92 Å². The van der Waals surface area contributed by atoms with E-state index >= 15 is 0 Å². The molecular formula is C14H26N4O2. The summed E-state index contributed by atoms with van der Waals surface area (Å²) in [6, 6.07) is 0.101. The summed E-state index contributed by atoms with van der Waals surface area (Å²) in [7, 11) is 2.06. The maximum absolute atomic E-state index is 12.5. The van der Waals surface area contributed by atoms with Crippen molar-refractivity contribution in [3.63, 3.8) is 0 Å². The minimum absolute atomic E-state index is 0.101. The van der Waals surface area contributed by atoms with Crippen LogP contribution in [-0.2, 0) is 9.59 Å². The van der Waals surface area contributed by atoms with E-state index in [1.54, 1.807) is 9.80 Å². The molecular weight excluding hydrogens is 256 g/mol. The Bertz CT molecular complexity index is 353. The Morgan fingerprint density at radius 3 is 2.60 bits per heavy atom. The van der Waals surface area contributed by atoms with Crippen molar-refractivity contribution in [2.75, 3.05) is 52.9 Å². The summed E-state index contributed by atoms with van der Waals surface area (Å²) in [4.78, 5) is 30.5. The van der Waals surface area contributed by atoms with Gasteiger partial charge in [0.2, 0.25) is 0 Å². The highest BCUT2D eigenvalue weighted by Gasteiger charge is 2.31. The van der Waals surface area contributed by atoms with Crippen LogP contribution in [0.1, 0.15) is 19.8 Å². The molecule has 0 saturated carbocycles. The molecule has 2 aliphatic heterocycles. The number of carbonyl (C=O) groups excluding carboxylic acids is 2. The van der Waals surface area contributed by atoms with Gasteiger partial charge in [0.15, 0.2) is 0 Å². The Labute approximate surface area is 121 Å². The summed E-state index contributed by atoms with van der Waals surface area (Å²) in [6.07, 6.45) is 1.85. The number of nitrogens with one attached hydrogen (secondary N) is 1. The predicted molar refractivity (Wildman–Crippen MR) is 77.4 cm³/mol. The van der Waals surface area contributed by atoms with Crippen LogP contribution in [0.2, 0.25) is 0 Å². The molecule has 0 aromatic rings. The van der Waals surface area contributed by atoms with Crippen molar-refractivity contribution in [3.8, 4) is 0 Å². The maximum atomic E-state index is 12.5. The van der Waals surface area contributed by atoms with Crippen LogP contribution in [0.25, 0.3) is 0 Å². The van der Waals surface area contributed by atoms with E-state index in [4.69, 9.17) is 0 Å². The van der Waals surface area contributed by atoms with Crippen LogP contribution in [-0.4, -0.2) is 85.4 Å². The third kappa shape index (κ3) is 3.70. The van der Waals surface area contributed by atoms with Crippen LogP contribution < -0.4 is 5.32 Å². The van der Waals surface area contributed by atoms with Crippen LogP contribution in [0.4, 0.5) is 0 Å². The molecule has 2 rings (SSSR count). The minimum atomic E-state index is -0.329. The molecule has 6 heteroatoms. The number of hydrogen-bond acceptors (Lipinski definition) is 4. The summed E-state index contributed by atoms with van der Waals surface area (Å²) in [5.74, 6) is -0.653. The lowest BCUT2D eigenvalue weighted by atomic mass is 10.2. The first-order valence-electron chi connectivity index (χ1n) is 7.58. The SMILES string of the molecule is CC1CN(C)CCCN1C(=O)C(=O)N1CCCNCC1. The van der Waals surface area contributed by atoms with E-state index in [9.17, 15) is 9.59 Å². The maximum Gasteiger partial charge on any atom is 0.312 e. The summed E-state index contributed by atoms with van der Waals surface area (Å²) in [5.41, 5.74) is 0. The first kappa shape index (κ1) is 15.3. The fourth-order valence-corrected chi connectivity index (χ4v) is 2.98. The summed E-state index contributed by atoms with van der Waals surface area (Å²) in [6.45, 7) is 7.53. The molecule has 114 valence electrons. The van der Waals surface area contributed by atoms with Gasteiger partial charge in [-0.1, -0.05) is 0 Å². The highest BCUT2D eigenvalue weighted by molar-refractivity contribution is 6.35. The summed E-state index contributed by atoms with van der Waals surface area (Å²) in [5, 5.41) is 3.25. The van der Waals surface area contributed by atoms with Crippen molar-refractivity contribution in [3.05, 3.63) is 0 Å². The molecule has 0 aromatic carbocycles. The van der Waals surface area contributed by atoms with Gasteiger partial charge in [-0.15, -0.1) is 0 Å². The highest BCUT2D eigenvalue weighted by atomic mass is 16.2. The highest BCUT2D eigenvalue weighted by Crippen LogP contribution is 2.10. The monoisotopic (exact) mass is 282 g/mol. The van der Waals surface area contributed by atoms with Crippen LogP contribution in [0, 0.1) is 0 Å². The van der Waals surface area contributed by atoms with Gasteiger partial charge >= 0.3 is 11.8 Å². The third-order valence-electron chi connectivity index (χ3n) is 4.12. The number of carbonyl (C=O) groups is 2. The number of nitrogens with zero attached hydrogens (tertiary/aromatic N) is 3. The van der Waals surface area contributed by atoms with Gasteiger partial charge in [-0.2, -0.15) is 0 Å². The third-order valence-corrected chi connectivity index (χ3v) is 4.12. The molecule has 2 amide bonds. The van der Waals surface area contributed by atoms with E-state index in [0.717, 1.165) is 39.0 Å². The van der Waals surface area contributed by atoms with Gasteiger partial charge in [0.25, 0.3) is 0 Å². The smallest absolute Gasteiger partial charge is 0.312 e. The second kappa shape index (κ2) is 7.04. The zero-order valence-corrected chi connectivity index (χ0v) is 12.6. The zero-order chi connectivity index (χ0) is 14.5. The topological polar surface area (TPSA) is 55.9 Å². The lowest BCUT2D eigenvalue weighted by Crippen LogP contribution is -2.50. The number of likely N-dealkylation sites (N-methyl/N-ethyl adjacent to an activating group) is 1. The quantitative estimate of drug-likeness (QED) is 0.601. The molecule has 1 atom stereocenters. The zero-order valence-electron chi connectivity index (χ0n) is 12.6. The van der Waals surface area contributed by atoms with Crippen LogP contribution in [0.3, 0.4) is 0 Å². The van der Waals surface area contributed by atoms with E-state index in [-0.39, 0.29) is 17.9 Å². The molecule has 2 saturated heterocycles. The average molecular weight is 282 g/mol. The molecule has 20 heavy (non-hydrogen) atoms. The Morgan fingerprint density at radius 1 is 1.00 bits per heavy atom. The predicted octanol–water partition coefficient (Wildman–Crippen LogP) is -0.639. The second-order valence-electron chi connectivity index (χ2n) is 5.86. The van der Waals surface area contributed by atoms with Crippen molar-refractivity contribution >= 4 is 11.8 Å². The van der Waals surface area contributed by atoms with E-state index in [2.05, 4.69) is 17.3 Å². The molecule has 2 heterocycles. The van der Waals surface area contributed by atoms with Gasteiger partial charge < -0.3 is 20.0 Å². The molecule has 0 radical (unpaired) electrons. The second-order valence-corrected chi connectivity index (χ2v) is 5.86. The van der Waals surface area contributed by atoms with Gasteiger partial charge in [-0.05, 0) is 39.9 Å². The lowest BCUT2D eigenvalue weighted by molar-refractivity contribution is -0.152. The fourth-order valence-electron chi connectivity index (χ4n) is 2.98. The molecule has 0 aromatic heterocycles. The van der Waals surface area contributed by atoms with Crippen molar-refractivity contribution in [2.45, 2.75) is 25.8 Å². The van der Waals surface area contributed by atoms with Crippen LogP contribution in [0.5, 0.6) is 0 Å². The lowest BCUT2D eigenvalue weighted by Gasteiger charge is -2.29. The molecule has 2 fully saturated rings. The molecule has 0 spiro atoms. The Balaban J connectivity index is 1.99. The molecule has 1 unspecified atom stereocenters. The van der Waals surface area contributed by atoms with Crippen molar-refractivity contribution in [2.24, 2.45) is 0 Å². The molecule has 0 aliphatic carbocycles. The number of amides is 2. The minimum Gasteiger partial charge on any atom is -0.333 e. The summed E-state index contributed by atoms with van der Waals surface area (Å²) < 4.78 is 0. The molecule has 6 nitrogen and oxygen atoms in total. The average Bonchev–Trinajstić information content (AvgIpc) is 2.78. The largest absolute Gasteiger partial charge is 0.333 e. The Kier molecular flexibility index (Phi) is 5.37. The van der Waals surface area contributed by atoms with E-state index in [1.165, 1.54) is 0 Å². The van der Waals surface area contributed by atoms with Crippen LogP contribution in [0.15, 0.2) is 0 Å². The first-order chi connectivity index (χ1) is 9.59. The van der Waals surface area contributed by atoms with Gasteiger partial charge in [-0.25, -0.2) is 0 Å². The van der Waals surface area contributed by atoms with Crippen molar-refractivity contribution in [1.82, 2.24) is 20.0 Å². The van der Waals surface area contributed by atoms with Gasteiger partial charge in [-0.3, -0.25) is 9.59 Å².